The summed E-state index contributed by atoms with van der Waals surface area (Å²) >= 11 is 6.18. The Morgan fingerprint density at radius 1 is 1.17 bits per heavy atom. The zero-order chi connectivity index (χ0) is 21.3. The van der Waals surface area contributed by atoms with E-state index in [0.717, 1.165) is 11.0 Å². The number of nitrogens with one attached hydrogen (secondary N) is 2. The highest BCUT2D eigenvalue weighted by atomic mass is 35.5. The third-order valence-electron chi connectivity index (χ3n) is 4.75. The van der Waals surface area contributed by atoms with Crippen molar-refractivity contribution in [3.05, 3.63) is 58.9 Å². The second-order valence-corrected chi connectivity index (χ2v) is 9.50. The topological polar surface area (TPSA) is 95.2 Å². The molecular formula is C20H23ClN4O3S. The molecule has 1 heterocycles. The van der Waals surface area contributed by atoms with Gasteiger partial charge in [0.05, 0.1) is 32.6 Å². The highest BCUT2D eigenvalue weighted by Gasteiger charge is 2.25. The molecule has 2 aromatic carbocycles. The van der Waals surface area contributed by atoms with Crippen LogP contribution in [0.25, 0.3) is 11.0 Å². The second-order valence-electron chi connectivity index (χ2n) is 7.09. The fourth-order valence-electron chi connectivity index (χ4n) is 2.80. The summed E-state index contributed by atoms with van der Waals surface area (Å²) in [6.45, 7) is 5.34. The standard InChI is InChI=1S/C20H23ClN4O3S/c1-12(2)25(4)29(27,28)14-9-10-16(21)15(11-14)20(26)22-13(3)19-23-17-7-5-6-8-18(17)24-19/h5-13H,1-4H3,(H,22,26)(H,23,24). The average molecular weight is 435 g/mol. The molecule has 0 spiro atoms. The first-order chi connectivity index (χ1) is 13.6. The van der Waals surface area contributed by atoms with Gasteiger partial charge in [0, 0.05) is 13.1 Å². The highest BCUT2D eigenvalue weighted by molar-refractivity contribution is 7.89. The van der Waals surface area contributed by atoms with Crippen LogP contribution in [0.1, 0.15) is 43.0 Å². The summed E-state index contributed by atoms with van der Waals surface area (Å²) in [5.74, 6) is 0.117. The lowest BCUT2D eigenvalue weighted by atomic mass is 10.2. The number of amides is 1. The van der Waals surface area contributed by atoms with Crippen LogP contribution in [-0.4, -0.2) is 41.7 Å². The molecule has 29 heavy (non-hydrogen) atoms. The number of nitrogens with zero attached hydrogens (tertiary/aromatic N) is 2. The molecule has 1 unspecified atom stereocenters. The third kappa shape index (κ3) is 4.29. The second kappa shape index (κ2) is 8.14. The Bertz CT molecular complexity index is 1120. The van der Waals surface area contributed by atoms with Crippen molar-refractivity contribution in [3.63, 3.8) is 0 Å². The Kier molecular flexibility index (Phi) is 5.97. The molecule has 0 radical (unpaired) electrons. The SMILES string of the molecule is CC(NC(=O)c1cc(S(=O)(=O)N(C)C(C)C)ccc1Cl)c1nc2ccccc2[nH]1. The van der Waals surface area contributed by atoms with E-state index in [0.29, 0.717) is 5.82 Å². The van der Waals surface area contributed by atoms with Gasteiger partial charge >= 0.3 is 0 Å². The molecule has 0 aliphatic carbocycles. The zero-order valence-electron chi connectivity index (χ0n) is 16.6. The lowest BCUT2D eigenvalue weighted by Crippen LogP contribution is -2.33. The molecule has 3 rings (SSSR count). The Balaban J connectivity index is 1.87. The van der Waals surface area contributed by atoms with E-state index in [2.05, 4.69) is 15.3 Å². The van der Waals surface area contributed by atoms with Crippen LogP contribution < -0.4 is 5.32 Å². The first-order valence-electron chi connectivity index (χ1n) is 9.14. The number of carbonyl (C=O) groups excluding carboxylic acids is 1. The van der Waals surface area contributed by atoms with Crippen LogP contribution in [0.2, 0.25) is 5.02 Å². The normalized spacial score (nSPS) is 13.2. The lowest BCUT2D eigenvalue weighted by Gasteiger charge is -2.21. The molecule has 0 bridgehead atoms. The molecule has 7 nitrogen and oxygen atoms in total. The molecule has 2 N–H and O–H groups in total. The molecule has 9 heteroatoms. The van der Waals surface area contributed by atoms with Crippen molar-refractivity contribution in [3.8, 4) is 0 Å². The maximum absolute atomic E-state index is 12.8. The smallest absolute Gasteiger partial charge is 0.253 e. The zero-order valence-corrected chi connectivity index (χ0v) is 18.2. The van der Waals surface area contributed by atoms with Crippen molar-refractivity contribution in [2.24, 2.45) is 0 Å². The number of sulfonamides is 1. The lowest BCUT2D eigenvalue weighted by molar-refractivity contribution is 0.0938. The number of H-pyrrole nitrogens is 1. The maximum Gasteiger partial charge on any atom is 0.253 e. The van der Waals surface area contributed by atoms with Gasteiger partial charge in [-0.15, -0.1) is 0 Å². The predicted octanol–water partition coefficient (Wildman–Crippen LogP) is 3.74. The van der Waals surface area contributed by atoms with E-state index in [1.165, 1.54) is 29.6 Å². The quantitative estimate of drug-likeness (QED) is 0.617. The Hall–Kier alpha value is -2.42. The Morgan fingerprint density at radius 3 is 2.52 bits per heavy atom. The summed E-state index contributed by atoms with van der Waals surface area (Å²) in [6, 6.07) is 11.0. The van der Waals surface area contributed by atoms with E-state index < -0.39 is 22.0 Å². The molecule has 0 saturated heterocycles. The van der Waals surface area contributed by atoms with Crippen molar-refractivity contribution >= 4 is 38.6 Å². The molecule has 0 fully saturated rings. The first-order valence-corrected chi connectivity index (χ1v) is 11.0. The van der Waals surface area contributed by atoms with E-state index in [1.54, 1.807) is 20.8 Å². The van der Waals surface area contributed by atoms with Crippen LogP contribution in [0.3, 0.4) is 0 Å². The summed E-state index contributed by atoms with van der Waals surface area (Å²) < 4.78 is 26.7. The molecule has 0 aliphatic rings. The number of aromatic nitrogens is 2. The minimum absolute atomic E-state index is 0.0136. The number of imidazole rings is 1. The van der Waals surface area contributed by atoms with Gasteiger partial charge in [-0.2, -0.15) is 4.31 Å². The number of hydrogen-bond acceptors (Lipinski definition) is 4. The van der Waals surface area contributed by atoms with E-state index in [1.807, 2.05) is 24.3 Å². The predicted molar refractivity (Wildman–Crippen MR) is 114 cm³/mol. The van der Waals surface area contributed by atoms with Gasteiger partial charge in [0.2, 0.25) is 10.0 Å². The molecule has 0 saturated carbocycles. The summed E-state index contributed by atoms with van der Waals surface area (Å²) in [7, 11) is -2.23. The summed E-state index contributed by atoms with van der Waals surface area (Å²) in [5, 5.41) is 2.99. The number of benzene rings is 2. The van der Waals surface area contributed by atoms with Gasteiger partial charge < -0.3 is 10.3 Å². The molecular weight excluding hydrogens is 412 g/mol. The third-order valence-corrected chi connectivity index (χ3v) is 7.11. The largest absolute Gasteiger partial charge is 0.342 e. The minimum Gasteiger partial charge on any atom is -0.342 e. The molecule has 154 valence electrons. The molecule has 1 atom stereocenters. The van der Waals surface area contributed by atoms with Crippen LogP contribution in [0, 0.1) is 0 Å². The summed E-state index contributed by atoms with van der Waals surface area (Å²) in [6.07, 6.45) is 0. The van der Waals surface area contributed by atoms with Gasteiger partial charge in [-0.3, -0.25) is 4.79 Å². The van der Waals surface area contributed by atoms with Gasteiger partial charge in [0.15, 0.2) is 0 Å². The summed E-state index contributed by atoms with van der Waals surface area (Å²) in [5.41, 5.74) is 1.76. The molecule has 3 aromatic rings. The van der Waals surface area contributed by atoms with E-state index >= 15 is 0 Å². The van der Waals surface area contributed by atoms with Crippen LogP contribution in [0.4, 0.5) is 0 Å². The molecule has 0 aliphatic heterocycles. The van der Waals surface area contributed by atoms with Gasteiger partial charge in [0.1, 0.15) is 5.82 Å². The first kappa shape index (κ1) is 21.3. The fourth-order valence-corrected chi connectivity index (χ4v) is 4.40. The van der Waals surface area contributed by atoms with Crippen molar-refractivity contribution in [1.82, 2.24) is 19.6 Å². The van der Waals surface area contributed by atoms with Crippen LogP contribution in [0.5, 0.6) is 0 Å². The number of aromatic amines is 1. The number of carbonyl (C=O) groups is 1. The minimum atomic E-state index is -3.73. The monoisotopic (exact) mass is 434 g/mol. The average Bonchev–Trinajstić information content (AvgIpc) is 3.11. The van der Waals surface area contributed by atoms with Gasteiger partial charge in [-0.05, 0) is 51.1 Å². The fraction of sp³-hybridized carbons (Fsp3) is 0.300. The van der Waals surface area contributed by atoms with Gasteiger partial charge in [0.25, 0.3) is 5.91 Å². The van der Waals surface area contributed by atoms with Crippen LogP contribution >= 0.6 is 11.6 Å². The van der Waals surface area contributed by atoms with Gasteiger partial charge in [-0.1, -0.05) is 23.7 Å². The summed E-state index contributed by atoms with van der Waals surface area (Å²) in [4.78, 5) is 20.5. The maximum atomic E-state index is 12.8. The number of halogens is 1. The van der Waals surface area contributed by atoms with Crippen LogP contribution in [0.15, 0.2) is 47.4 Å². The molecule has 1 aromatic heterocycles. The van der Waals surface area contributed by atoms with Crippen molar-refractivity contribution in [1.29, 1.82) is 0 Å². The molecule has 1 amide bonds. The highest BCUT2D eigenvalue weighted by Crippen LogP contribution is 2.24. The van der Waals surface area contributed by atoms with Gasteiger partial charge in [-0.25, -0.2) is 13.4 Å². The van der Waals surface area contributed by atoms with Crippen molar-refractivity contribution in [2.45, 2.75) is 37.8 Å². The Morgan fingerprint density at radius 2 is 1.86 bits per heavy atom. The van der Waals surface area contributed by atoms with Crippen molar-refractivity contribution < 1.29 is 13.2 Å². The van der Waals surface area contributed by atoms with E-state index in [9.17, 15) is 13.2 Å². The van der Waals surface area contributed by atoms with Crippen molar-refractivity contribution in [2.75, 3.05) is 7.05 Å². The number of fused-ring (bicyclic) bond motifs is 1. The number of para-hydroxylation sites is 2. The van der Waals surface area contributed by atoms with Crippen LogP contribution in [-0.2, 0) is 10.0 Å². The Labute approximate surface area is 175 Å². The number of rotatable bonds is 6. The number of hydrogen-bond donors (Lipinski definition) is 2. The van der Waals surface area contributed by atoms with E-state index in [-0.39, 0.29) is 21.5 Å². The van der Waals surface area contributed by atoms with E-state index in [4.69, 9.17) is 11.6 Å².